The molecule has 3 nitrogen and oxygen atoms in total. The molecule has 0 saturated heterocycles. The first-order chi connectivity index (χ1) is 9.63. The fraction of sp³-hybridized carbons (Fsp3) is 0.647. The minimum atomic E-state index is 0.366. The van der Waals surface area contributed by atoms with Crippen molar-refractivity contribution in [3.8, 4) is 11.5 Å². The Morgan fingerprint density at radius 3 is 2.45 bits per heavy atom. The SMILES string of the molecule is CCCNC(c1ccc2c(c1)OCCO2)C(C)C(C)C. The zero-order valence-electron chi connectivity index (χ0n) is 13.1. The van der Waals surface area contributed by atoms with Crippen LogP contribution in [0.1, 0.15) is 45.7 Å². The third-order valence-electron chi connectivity index (χ3n) is 4.12. The van der Waals surface area contributed by atoms with Gasteiger partial charge in [-0.3, -0.25) is 0 Å². The lowest BCUT2D eigenvalue weighted by Crippen LogP contribution is -2.30. The maximum atomic E-state index is 5.71. The van der Waals surface area contributed by atoms with Gasteiger partial charge in [0.25, 0.3) is 0 Å². The Balaban J connectivity index is 2.23. The largest absolute Gasteiger partial charge is 0.486 e. The molecule has 0 radical (unpaired) electrons. The van der Waals surface area contributed by atoms with Crippen LogP contribution in [0.2, 0.25) is 0 Å². The van der Waals surface area contributed by atoms with Gasteiger partial charge in [0.15, 0.2) is 11.5 Å². The normalized spacial score (nSPS) is 17.1. The molecule has 2 unspecified atom stereocenters. The summed E-state index contributed by atoms with van der Waals surface area (Å²) in [4.78, 5) is 0. The van der Waals surface area contributed by atoms with Crippen LogP contribution in [-0.2, 0) is 0 Å². The van der Waals surface area contributed by atoms with Gasteiger partial charge in [-0.25, -0.2) is 0 Å². The second-order valence-corrected chi connectivity index (χ2v) is 5.94. The molecular weight excluding hydrogens is 250 g/mol. The summed E-state index contributed by atoms with van der Waals surface area (Å²) >= 11 is 0. The molecule has 1 heterocycles. The molecule has 0 bridgehead atoms. The van der Waals surface area contributed by atoms with Gasteiger partial charge in [-0.05, 0) is 42.5 Å². The molecule has 1 aliphatic rings. The lowest BCUT2D eigenvalue weighted by Gasteiger charge is -2.29. The number of hydrogen-bond acceptors (Lipinski definition) is 3. The molecule has 1 N–H and O–H groups in total. The number of rotatable bonds is 6. The second kappa shape index (κ2) is 6.98. The van der Waals surface area contributed by atoms with Gasteiger partial charge in [0.2, 0.25) is 0 Å². The maximum Gasteiger partial charge on any atom is 0.161 e. The van der Waals surface area contributed by atoms with E-state index in [1.807, 2.05) is 6.07 Å². The summed E-state index contributed by atoms with van der Waals surface area (Å²) in [5, 5.41) is 3.68. The Morgan fingerprint density at radius 1 is 1.10 bits per heavy atom. The van der Waals surface area contributed by atoms with Crippen molar-refractivity contribution < 1.29 is 9.47 Å². The summed E-state index contributed by atoms with van der Waals surface area (Å²) < 4.78 is 11.3. The predicted octanol–water partition coefficient (Wildman–Crippen LogP) is 3.79. The first-order valence-corrected chi connectivity index (χ1v) is 7.76. The fourth-order valence-electron chi connectivity index (χ4n) is 2.55. The smallest absolute Gasteiger partial charge is 0.161 e. The van der Waals surface area contributed by atoms with Crippen LogP contribution in [0.15, 0.2) is 18.2 Å². The van der Waals surface area contributed by atoms with Crippen LogP contribution >= 0.6 is 0 Å². The van der Waals surface area contributed by atoms with E-state index in [0.29, 0.717) is 31.1 Å². The molecular formula is C17H27NO2. The first kappa shape index (κ1) is 15.2. The van der Waals surface area contributed by atoms with E-state index in [0.717, 1.165) is 24.5 Å². The van der Waals surface area contributed by atoms with E-state index in [-0.39, 0.29) is 0 Å². The molecule has 0 aromatic heterocycles. The highest BCUT2D eigenvalue weighted by molar-refractivity contribution is 5.44. The Hall–Kier alpha value is -1.22. The molecule has 0 spiro atoms. The number of fused-ring (bicyclic) bond motifs is 1. The van der Waals surface area contributed by atoms with Gasteiger partial charge in [0, 0.05) is 6.04 Å². The van der Waals surface area contributed by atoms with Crippen molar-refractivity contribution in [1.29, 1.82) is 0 Å². The average Bonchev–Trinajstić information content (AvgIpc) is 2.47. The summed E-state index contributed by atoms with van der Waals surface area (Å²) in [5.41, 5.74) is 1.30. The summed E-state index contributed by atoms with van der Waals surface area (Å²) in [6, 6.07) is 6.71. The zero-order valence-corrected chi connectivity index (χ0v) is 13.1. The quantitative estimate of drug-likeness (QED) is 0.858. The fourth-order valence-corrected chi connectivity index (χ4v) is 2.55. The van der Waals surface area contributed by atoms with Crippen LogP contribution in [-0.4, -0.2) is 19.8 Å². The van der Waals surface area contributed by atoms with Crippen molar-refractivity contribution >= 4 is 0 Å². The van der Waals surface area contributed by atoms with Gasteiger partial charge < -0.3 is 14.8 Å². The van der Waals surface area contributed by atoms with E-state index in [1.54, 1.807) is 0 Å². The monoisotopic (exact) mass is 277 g/mol. The highest BCUT2D eigenvalue weighted by Gasteiger charge is 2.23. The minimum absolute atomic E-state index is 0.366. The molecule has 1 aliphatic heterocycles. The molecule has 2 rings (SSSR count). The van der Waals surface area contributed by atoms with Gasteiger partial charge in [-0.1, -0.05) is 33.8 Å². The second-order valence-electron chi connectivity index (χ2n) is 5.94. The predicted molar refractivity (Wildman–Crippen MR) is 82.5 cm³/mol. The summed E-state index contributed by atoms with van der Waals surface area (Å²) in [7, 11) is 0. The van der Waals surface area contributed by atoms with E-state index in [9.17, 15) is 0 Å². The molecule has 0 amide bonds. The van der Waals surface area contributed by atoms with Crippen molar-refractivity contribution in [2.24, 2.45) is 11.8 Å². The molecule has 3 heteroatoms. The molecule has 0 saturated carbocycles. The average molecular weight is 277 g/mol. The Morgan fingerprint density at radius 2 is 1.80 bits per heavy atom. The summed E-state index contributed by atoms with van der Waals surface area (Å²) in [6.07, 6.45) is 1.14. The molecule has 1 aromatic carbocycles. The van der Waals surface area contributed by atoms with Crippen molar-refractivity contribution in [2.75, 3.05) is 19.8 Å². The van der Waals surface area contributed by atoms with E-state index in [4.69, 9.17) is 9.47 Å². The molecule has 0 fully saturated rings. The standard InChI is InChI=1S/C17H27NO2/c1-5-8-18-17(13(4)12(2)3)14-6-7-15-16(11-14)20-10-9-19-15/h6-7,11-13,17-18H,5,8-10H2,1-4H3. The highest BCUT2D eigenvalue weighted by atomic mass is 16.6. The minimum Gasteiger partial charge on any atom is -0.486 e. The van der Waals surface area contributed by atoms with Crippen LogP contribution in [0.4, 0.5) is 0 Å². The van der Waals surface area contributed by atoms with E-state index in [1.165, 1.54) is 5.56 Å². The Bertz CT molecular complexity index is 431. The number of nitrogens with one attached hydrogen (secondary N) is 1. The number of benzene rings is 1. The van der Waals surface area contributed by atoms with E-state index < -0.39 is 0 Å². The summed E-state index contributed by atoms with van der Waals surface area (Å²) in [5.74, 6) is 2.96. The molecule has 0 aliphatic carbocycles. The van der Waals surface area contributed by atoms with Crippen molar-refractivity contribution in [1.82, 2.24) is 5.32 Å². The third-order valence-corrected chi connectivity index (χ3v) is 4.12. The van der Waals surface area contributed by atoms with Gasteiger partial charge in [0.1, 0.15) is 13.2 Å². The highest BCUT2D eigenvalue weighted by Crippen LogP contribution is 2.35. The van der Waals surface area contributed by atoms with Crippen LogP contribution in [0.3, 0.4) is 0 Å². The molecule has 20 heavy (non-hydrogen) atoms. The first-order valence-electron chi connectivity index (χ1n) is 7.76. The van der Waals surface area contributed by atoms with Crippen molar-refractivity contribution in [2.45, 2.75) is 40.2 Å². The lowest BCUT2D eigenvalue weighted by atomic mass is 9.86. The third kappa shape index (κ3) is 3.45. The summed E-state index contributed by atoms with van der Waals surface area (Å²) in [6.45, 7) is 11.4. The van der Waals surface area contributed by atoms with Gasteiger partial charge >= 0.3 is 0 Å². The van der Waals surface area contributed by atoms with E-state index >= 15 is 0 Å². The van der Waals surface area contributed by atoms with Gasteiger partial charge in [-0.2, -0.15) is 0 Å². The van der Waals surface area contributed by atoms with Gasteiger partial charge in [-0.15, -0.1) is 0 Å². The van der Waals surface area contributed by atoms with Crippen LogP contribution in [0, 0.1) is 11.8 Å². The Labute approximate surface area is 122 Å². The topological polar surface area (TPSA) is 30.5 Å². The van der Waals surface area contributed by atoms with Crippen molar-refractivity contribution in [3.63, 3.8) is 0 Å². The van der Waals surface area contributed by atoms with Crippen LogP contribution in [0.5, 0.6) is 11.5 Å². The Kier molecular flexibility index (Phi) is 5.30. The number of hydrogen-bond donors (Lipinski definition) is 1. The zero-order chi connectivity index (χ0) is 14.5. The lowest BCUT2D eigenvalue weighted by molar-refractivity contribution is 0.171. The van der Waals surface area contributed by atoms with E-state index in [2.05, 4.69) is 45.1 Å². The van der Waals surface area contributed by atoms with Gasteiger partial charge in [0.05, 0.1) is 0 Å². The maximum absolute atomic E-state index is 5.71. The van der Waals surface area contributed by atoms with Crippen molar-refractivity contribution in [3.05, 3.63) is 23.8 Å². The molecule has 112 valence electrons. The number of ether oxygens (including phenoxy) is 2. The molecule has 1 aromatic rings. The van der Waals surface area contributed by atoms with Crippen LogP contribution in [0.25, 0.3) is 0 Å². The van der Waals surface area contributed by atoms with Crippen LogP contribution < -0.4 is 14.8 Å². The molecule has 2 atom stereocenters.